The summed E-state index contributed by atoms with van der Waals surface area (Å²) in [5, 5.41) is 2.56. The fourth-order valence-electron chi connectivity index (χ4n) is 4.56. The molecule has 1 aliphatic carbocycles. The molecule has 31 heavy (non-hydrogen) atoms. The van der Waals surface area contributed by atoms with E-state index in [1.54, 1.807) is 4.90 Å². The molecule has 2 atom stereocenters. The molecule has 4 heterocycles. The molecule has 8 nitrogen and oxygen atoms in total. The fourth-order valence-corrected chi connectivity index (χ4v) is 4.56. The summed E-state index contributed by atoms with van der Waals surface area (Å²) < 4.78 is 1.98. The van der Waals surface area contributed by atoms with E-state index in [0.717, 1.165) is 35.6 Å². The summed E-state index contributed by atoms with van der Waals surface area (Å²) in [4.78, 5) is 38.9. The molecular formula is C23H22N6O2. The number of hydrogen-bond donors (Lipinski definition) is 1. The molecule has 3 aliphatic rings. The number of carbonyl (C=O) groups excluding carboxylic acids is 2. The molecule has 2 aromatic heterocycles. The highest BCUT2D eigenvalue weighted by atomic mass is 16.2. The van der Waals surface area contributed by atoms with Gasteiger partial charge in [0.2, 0.25) is 0 Å². The molecule has 156 valence electrons. The number of rotatable bonds is 5. The molecule has 3 aromatic rings. The van der Waals surface area contributed by atoms with Crippen molar-refractivity contribution in [3.05, 3.63) is 72.2 Å². The molecule has 8 heteroatoms. The van der Waals surface area contributed by atoms with Gasteiger partial charge in [0, 0.05) is 31.4 Å². The number of aliphatic imine (C=N–C) groups is 1. The Balaban J connectivity index is 1.38. The van der Waals surface area contributed by atoms with Crippen molar-refractivity contribution in [3.63, 3.8) is 0 Å². The van der Waals surface area contributed by atoms with E-state index < -0.39 is 12.2 Å². The van der Waals surface area contributed by atoms with E-state index in [9.17, 15) is 9.59 Å². The first-order valence-electron chi connectivity index (χ1n) is 10.6. The zero-order valence-electron chi connectivity index (χ0n) is 16.9. The number of hydrogen-bond acceptors (Lipinski definition) is 5. The van der Waals surface area contributed by atoms with E-state index >= 15 is 0 Å². The van der Waals surface area contributed by atoms with Crippen LogP contribution in [0, 0.1) is 0 Å². The largest absolute Gasteiger partial charge is 0.340 e. The summed E-state index contributed by atoms with van der Waals surface area (Å²) in [6.45, 7) is 0.550. The second kappa shape index (κ2) is 6.94. The molecule has 2 unspecified atom stereocenters. The van der Waals surface area contributed by atoms with Crippen LogP contribution in [0.4, 0.5) is 4.79 Å². The maximum atomic E-state index is 12.9. The van der Waals surface area contributed by atoms with Crippen molar-refractivity contribution < 1.29 is 9.59 Å². The molecule has 3 amide bonds. The summed E-state index contributed by atoms with van der Waals surface area (Å²) >= 11 is 0. The highest BCUT2D eigenvalue weighted by molar-refractivity contribution is 6.04. The number of amidine groups is 1. The molecular weight excluding hydrogens is 392 g/mol. The molecule has 2 aliphatic heterocycles. The van der Waals surface area contributed by atoms with Crippen molar-refractivity contribution in [2.24, 2.45) is 4.99 Å². The number of imidazole rings is 1. The van der Waals surface area contributed by atoms with Gasteiger partial charge in [0.15, 0.2) is 12.2 Å². The van der Waals surface area contributed by atoms with E-state index in [4.69, 9.17) is 9.98 Å². The number of amides is 3. The van der Waals surface area contributed by atoms with Gasteiger partial charge in [-0.05, 0) is 30.5 Å². The number of fused-ring (bicyclic) bond motifs is 2. The predicted molar refractivity (Wildman–Crippen MR) is 114 cm³/mol. The van der Waals surface area contributed by atoms with Crippen LogP contribution in [-0.2, 0) is 17.8 Å². The topological polar surface area (TPSA) is 82.3 Å². The highest BCUT2D eigenvalue weighted by Gasteiger charge is 2.53. The quantitative estimate of drug-likeness (QED) is 0.694. The normalized spacial score (nSPS) is 23.2. The van der Waals surface area contributed by atoms with Crippen molar-refractivity contribution in [1.82, 2.24) is 24.5 Å². The van der Waals surface area contributed by atoms with E-state index in [1.807, 2.05) is 70.2 Å². The Kier molecular flexibility index (Phi) is 4.05. The van der Waals surface area contributed by atoms with E-state index in [1.165, 1.54) is 0 Å². The fraction of sp³-hybridized carbons (Fsp3) is 0.304. The van der Waals surface area contributed by atoms with Gasteiger partial charge in [0.25, 0.3) is 5.91 Å². The van der Waals surface area contributed by atoms with Crippen LogP contribution in [0.1, 0.15) is 24.1 Å². The van der Waals surface area contributed by atoms with Crippen molar-refractivity contribution in [2.45, 2.75) is 44.1 Å². The zero-order valence-corrected chi connectivity index (χ0v) is 16.9. The van der Waals surface area contributed by atoms with Gasteiger partial charge in [-0.15, -0.1) is 0 Å². The lowest BCUT2D eigenvalue weighted by molar-refractivity contribution is -0.127. The second-order valence-electron chi connectivity index (χ2n) is 8.33. The van der Waals surface area contributed by atoms with Crippen LogP contribution < -0.4 is 5.32 Å². The van der Waals surface area contributed by atoms with Crippen LogP contribution in [0.5, 0.6) is 0 Å². The Morgan fingerprint density at radius 2 is 1.84 bits per heavy atom. The average molecular weight is 414 g/mol. The summed E-state index contributed by atoms with van der Waals surface area (Å²) in [7, 11) is 0. The maximum Gasteiger partial charge on any atom is 0.326 e. The van der Waals surface area contributed by atoms with E-state index in [2.05, 4.69) is 5.32 Å². The Morgan fingerprint density at radius 3 is 2.61 bits per heavy atom. The smallest absolute Gasteiger partial charge is 0.326 e. The molecule has 1 N–H and O–H groups in total. The Morgan fingerprint density at radius 1 is 1.03 bits per heavy atom. The molecule has 0 spiro atoms. The molecule has 1 saturated carbocycles. The lowest BCUT2D eigenvalue weighted by Crippen LogP contribution is -2.65. The highest BCUT2D eigenvalue weighted by Crippen LogP contribution is 2.36. The van der Waals surface area contributed by atoms with Crippen LogP contribution >= 0.6 is 0 Å². The molecule has 1 saturated heterocycles. The van der Waals surface area contributed by atoms with Crippen molar-refractivity contribution in [1.29, 1.82) is 0 Å². The molecule has 6 rings (SSSR count). The lowest BCUT2D eigenvalue weighted by atomic mass is 10.1. The number of aromatic nitrogens is 2. The third-order valence-electron chi connectivity index (χ3n) is 6.14. The molecule has 0 radical (unpaired) electrons. The number of urea groups is 1. The minimum Gasteiger partial charge on any atom is -0.340 e. The average Bonchev–Trinajstić information content (AvgIpc) is 3.41. The minimum atomic E-state index is -0.523. The third-order valence-corrected chi connectivity index (χ3v) is 6.14. The number of carbonyl (C=O) groups is 2. The van der Waals surface area contributed by atoms with Gasteiger partial charge in [-0.25, -0.2) is 14.8 Å². The van der Waals surface area contributed by atoms with Crippen LogP contribution in [0.15, 0.2) is 65.9 Å². The zero-order chi connectivity index (χ0) is 20.9. The second-order valence-corrected chi connectivity index (χ2v) is 8.33. The third kappa shape index (κ3) is 3.15. The van der Waals surface area contributed by atoms with Crippen LogP contribution in [0.3, 0.4) is 0 Å². The SMILES string of the molecule is O=C1NC(=O)N(C2CC2)C2N=C(Cc3cn4ccccc4n3)N(Cc3ccccc3)C12. The van der Waals surface area contributed by atoms with Crippen molar-refractivity contribution in [2.75, 3.05) is 0 Å². The van der Waals surface area contributed by atoms with Gasteiger partial charge in [0.1, 0.15) is 11.5 Å². The van der Waals surface area contributed by atoms with Gasteiger partial charge in [-0.2, -0.15) is 0 Å². The van der Waals surface area contributed by atoms with Gasteiger partial charge in [0.05, 0.1) is 5.69 Å². The van der Waals surface area contributed by atoms with Crippen molar-refractivity contribution in [3.8, 4) is 0 Å². The number of benzene rings is 1. The van der Waals surface area contributed by atoms with Crippen molar-refractivity contribution >= 4 is 23.4 Å². The molecule has 1 aromatic carbocycles. The minimum absolute atomic E-state index is 0.164. The van der Waals surface area contributed by atoms with Gasteiger partial charge >= 0.3 is 6.03 Å². The standard InChI is InChI=1S/C23H22N6O2/c30-22-20-21(29(17-9-10-17)23(31)26-22)25-19(28(20)13-15-6-2-1-3-7-15)12-16-14-27-11-5-4-8-18(27)24-16/h1-8,11,14,17,20-21H,9-10,12-13H2,(H,26,30,31). The number of pyridine rings is 1. The summed E-state index contributed by atoms with van der Waals surface area (Å²) in [5.41, 5.74) is 2.84. The summed E-state index contributed by atoms with van der Waals surface area (Å²) in [6, 6.07) is 15.2. The Hall–Kier alpha value is -3.68. The Bertz CT molecular complexity index is 1170. The number of nitrogens with zero attached hydrogens (tertiary/aromatic N) is 5. The maximum absolute atomic E-state index is 12.9. The van der Waals surface area contributed by atoms with Gasteiger partial charge in [-0.1, -0.05) is 36.4 Å². The van der Waals surface area contributed by atoms with Crippen LogP contribution in [-0.4, -0.2) is 55.2 Å². The first kappa shape index (κ1) is 18.1. The van der Waals surface area contributed by atoms with E-state index in [0.29, 0.717) is 13.0 Å². The lowest BCUT2D eigenvalue weighted by Gasteiger charge is -2.38. The van der Waals surface area contributed by atoms with E-state index in [-0.39, 0.29) is 18.0 Å². The first-order valence-corrected chi connectivity index (χ1v) is 10.6. The predicted octanol–water partition coefficient (Wildman–Crippen LogP) is 2.20. The number of imide groups is 1. The summed E-state index contributed by atoms with van der Waals surface area (Å²) in [5.74, 6) is 0.509. The van der Waals surface area contributed by atoms with Gasteiger partial charge < -0.3 is 9.30 Å². The monoisotopic (exact) mass is 414 g/mol. The molecule has 2 fully saturated rings. The Labute approximate surface area is 179 Å². The summed E-state index contributed by atoms with van der Waals surface area (Å²) in [6.07, 6.45) is 5.89. The first-order chi connectivity index (χ1) is 15.2. The molecule has 0 bridgehead atoms. The van der Waals surface area contributed by atoms with Crippen LogP contribution in [0.25, 0.3) is 5.65 Å². The number of nitrogens with one attached hydrogen (secondary N) is 1. The van der Waals surface area contributed by atoms with Crippen LogP contribution in [0.2, 0.25) is 0 Å². The van der Waals surface area contributed by atoms with Gasteiger partial charge in [-0.3, -0.25) is 15.0 Å².